The van der Waals surface area contributed by atoms with Gasteiger partial charge in [0.1, 0.15) is 0 Å². The molecule has 0 atom stereocenters. The van der Waals surface area contributed by atoms with Gasteiger partial charge in [0, 0.05) is 24.3 Å². The summed E-state index contributed by atoms with van der Waals surface area (Å²) < 4.78 is 54.8. The van der Waals surface area contributed by atoms with E-state index in [9.17, 15) is 21.6 Å². The first-order valence-corrected chi connectivity index (χ1v) is 14.7. The van der Waals surface area contributed by atoms with Gasteiger partial charge in [0.25, 0.3) is 15.9 Å². The molecule has 0 unspecified atom stereocenters. The zero-order valence-electron chi connectivity index (χ0n) is 20.2. The molecule has 0 saturated carbocycles. The van der Waals surface area contributed by atoms with E-state index in [0.29, 0.717) is 35.6 Å². The second-order valence-electron chi connectivity index (χ2n) is 8.91. The van der Waals surface area contributed by atoms with E-state index in [1.807, 2.05) is 32.0 Å². The lowest BCUT2D eigenvalue weighted by molar-refractivity contribution is 0.102. The molecule has 1 amide bonds. The fraction of sp³-hybridized carbons (Fsp3) is 0.269. The Labute approximate surface area is 212 Å². The molecule has 0 bridgehead atoms. The number of nitrogens with one attached hydrogen (secondary N) is 2. The van der Waals surface area contributed by atoms with E-state index in [4.69, 9.17) is 0 Å². The number of aryl methyl sites for hydroxylation is 2. The van der Waals surface area contributed by atoms with Crippen molar-refractivity contribution in [3.8, 4) is 0 Å². The number of sulfonamides is 2. The van der Waals surface area contributed by atoms with Gasteiger partial charge in [0.15, 0.2) is 0 Å². The van der Waals surface area contributed by atoms with Crippen molar-refractivity contribution in [3.05, 3.63) is 89.0 Å². The molecule has 0 spiro atoms. The summed E-state index contributed by atoms with van der Waals surface area (Å²) in [5.41, 5.74) is 3.61. The summed E-state index contributed by atoms with van der Waals surface area (Å²) in [4.78, 5) is 12.7. The molecular weight excluding hydrogens is 498 g/mol. The molecule has 1 saturated heterocycles. The van der Waals surface area contributed by atoms with Gasteiger partial charge in [-0.3, -0.25) is 9.52 Å². The molecule has 0 aliphatic carbocycles. The Hall–Kier alpha value is -3.21. The van der Waals surface area contributed by atoms with Gasteiger partial charge in [-0.25, -0.2) is 21.1 Å². The molecule has 2 N–H and O–H groups in total. The number of para-hydroxylation sites is 1. The predicted molar refractivity (Wildman–Crippen MR) is 141 cm³/mol. The number of hydrogen-bond donors (Lipinski definition) is 2. The maximum atomic E-state index is 12.8. The summed E-state index contributed by atoms with van der Waals surface area (Å²) in [6, 6.07) is 17.9. The summed E-state index contributed by atoms with van der Waals surface area (Å²) in [5, 5.41) is 2.74. The average molecular weight is 528 g/mol. The number of carbonyl (C=O) groups excluding carboxylic acids is 1. The summed E-state index contributed by atoms with van der Waals surface area (Å²) >= 11 is 0. The highest BCUT2D eigenvalue weighted by atomic mass is 32.2. The van der Waals surface area contributed by atoms with E-state index in [1.54, 1.807) is 24.3 Å². The van der Waals surface area contributed by atoms with Crippen LogP contribution in [0.1, 0.15) is 39.9 Å². The Morgan fingerprint density at radius 1 is 0.833 bits per heavy atom. The van der Waals surface area contributed by atoms with Crippen LogP contribution in [0.3, 0.4) is 0 Å². The molecule has 1 fully saturated rings. The molecule has 36 heavy (non-hydrogen) atoms. The third kappa shape index (κ3) is 5.95. The second kappa shape index (κ2) is 10.4. The zero-order chi connectivity index (χ0) is 25.9. The maximum Gasteiger partial charge on any atom is 0.261 e. The normalized spacial score (nSPS) is 14.5. The Balaban J connectivity index is 1.40. The first-order chi connectivity index (χ1) is 17.0. The smallest absolute Gasteiger partial charge is 0.261 e. The SMILES string of the molecule is Cc1cccc(C)c1NS(=O)(=O)c1ccc(NC(=O)c2ccc(CS(=O)(=O)N3CCCC3)cc2)cc1. The lowest BCUT2D eigenvalue weighted by Crippen LogP contribution is -2.29. The molecule has 8 nitrogen and oxygen atoms in total. The highest BCUT2D eigenvalue weighted by molar-refractivity contribution is 7.92. The number of carbonyl (C=O) groups is 1. The second-order valence-corrected chi connectivity index (χ2v) is 12.6. The van der Waals surface area contributed by atoms with Crippen molar-refractivity contribution in [1.29, 1.82) is 0 Å². The van der Waals surface area contributed by atoms with Crippen LogP contribution in [0.25, 0.3) is 0 Å². The molecule has 1 heterocycles. The fourth-order valence-electron chi connectivity index (χ4n) is 4.11. The van der Waals surface area contributed by atoms with Crippen LogP contribution in [0, 0.1) is 13.8 Å². The summed E-state index contributed by atoms with van der Waals surface area (Å²) in [5.74, 6) is -0.478. The van der Waals surface area contributed by atoms with Crippen molar-refractivity contribution in [3.63, 3.8) is 0 Å². The highest BCUT2D eigenvalue weighted by Crippen LogP contribution is 2.24. The molecule has 190 valence electrons. The Bertz CT molecular complexity index is 1440. The van der Waals surface area contributed by atoms with Crippen molar-refractivity contribution < 1.29 is 21.6 Å². The third-order valence-electron chi connectivity index (χ3n) is 6.16. The standard InChI is InChI=1S/C26H29N3O5S2/c1-19-6-5-7-20(2)25(19)28-36(33,34)24-14-12-23(13-15-24)27-26(30)22-10-8-21(9-11-22)18-35(31,32)29-16-3-4-17-29/h5-15,28H,3-4,16-18H2,1-2H3,(H,27,30). The van der Waals surface area contributed by atoms with Gasteiger partial charge in [-0.05, 0) is 79.8 Å². The van der Waals surface area contributed by atoms with Crippen LogP contribution in [0.4, 0.5) is 11.4 Å². The Kier molecular flexibility index (Phi) is 7.49. The molecule has 10 heteroatoms. The monoisotopic (exact) mass is 527 g/mol. The molecule has 3 aromatic carbocycles. The Morgan fingerprint density at radius 3 is 2.00 bits per heavy atom. The number of amides is 1. The number of hydrogen-bond acceptors (Lipinski definition) is 5. The van der Waals surface area contributed by atoms with Crippen LogP contribution in [0.15, 0.2) is 71.6 Å². The molecule has 0 radical (unpaired) electrons. The maximum absolute atomic E-state index is 12.8. The summed E-state index contributed by atoms with van der Waals surface area (Å²) in [7, 11) is -7.15. The summed E-state index contributed by atoms with van der Waals surface area (Å²) in [6.45, 7) is 4.79. The minimum Gasteiger partial charge on any atom is -0.322 e. The van der Waals surface area contributed by atoms with Crippen LogP contribution in [0.2, 0.25) is 0 Å². The zero-order valence-corrected chi connectivity index (χ0v) is 21.8. The van der Waals surface area contributed by atoms with Gasteiger partial charge in [-0.2, -0.15) is 0 Å². The number of benzene rings is 3. The van der Waals surface area contributed by atoms with Crippen LogP contribution >= 0.6 is 0 Å². The van der Waals surface area contributed by atoms with E-state index < -0.39 is 20.0 Å². The Morgan fingerprint density at radius 2 is 1.42 bits per heavy atom. The van der Waals surface area contributed by atoms with Gasteiger partial charge in [-0.15, -0.1) is 0 Å². The minimum atomic E-state index is -3.80. The van der Waals surface area contributed by atoms with Crippen LogP contribution in [-0.2, 0) is 25.8 Å². The van der Waals surface area contributed by atoms with E-state index >= 15 is 0 Å². The molecule has 1 aliphatic rings. The fourth-order valence-corrected chi connectivity index (χ4v) is 6.92. The first kappa shape index (κ1) is 25.9. The van der Waals surface area contributed by atoms with Gasteiger partial charge in [-0.1, -0.05) is 30.3 Å². The van der Waals surface area contributed by atoms with Crippen LogP contribution < -0.4 is 10.0 Å². The van der Waals surface area contributed by atoms with Crippen molar-refractivity contribution in [2.24, 2.45) is 0 Å². The molecular formula is C26H29N3O5S2. The highest BCUT2D eigenvalue weighted by Gasteiger charge is 2.25. The molecule has 3 aromatic rings. The first-order valence-electron chi connectivity index (χ1n) is 11.6. The number of anilines is 2. The largest absolute Gasteiger partial charge is 0.322 e. The lowest BCUT2D eigenvalue weighted by atomic mass is 10.1. The van der Waals surface area contributed by atoms with Gasteiger partial charge in [0.2, 0.25) is 10.0 Å². The third-order valence-corrected chi connectivity index (χ3v) is 9.38. The number of rotatable bonds is 8. The molecule has 1 aliphatic heterocycles. The van der Waals surface area contributed by atoms with E-state index in [-0.39, 0.29) is 16.6 Å². The van der Waals surface area contributed by atoms with Gasteiger partial charge < -0.3 is 5.32 Å². The van der Waals surface area contributed by atoms with Crippen molar-refractivity contribution in [2.45, 2.75) is 37.3 Å². The quantitative estimate of drug-likeness (QED) is 0.454. The molecule has 4 rings (SSSR count). The summed E-state index contributed by atoms with van der Waals surface area (Å²) in [6.07, 6.45) is 1.77. The van der Waals surface area contributed by atoms with Crippen molar-refractivity contribution in [2.75, 3.05) is 23.1 Å². The number of nitrogens with zero attached hydrogens (tertiary/aromatic N) is 1. The van der Waals surface area contributed by atoms with E-state index in [0.717, 1.165) is 24.0 Å². The minimum absolute atomic E-state index is 0.0757. The van der Waals surface area contributed by atoms with Crippen LogP contribution in [-0.4, -0.2) is 40.1 Å². The molecule has 0 aromatic heterocycles. The van der Waals surface area contributed by atoms with Crippen LogP contribution in [0.5, 0.6) is 0 Å². The van der Waals surface area contributed by atoms with Crippen molar-refractivity contribution >= 4 is 37.3 Å². The topological polar surface area (TPSA) is 113 Å². The van der Waals surface area contributed by atoms with Gasteiger partial charge >= 0.3 is 0 Å². The van der Waals surface area contributed by atoms with E-state index in [1.165, 1.54) is 28.6 Å². The van der Waals surface area contributed by atoms with E-state index in [2.05, 4.69) is 10.0 Å². The predicted octanol–water partition coefficient (Wildman–Crippen LogP) is 4.28. The van der Waals surface area contributed by atoms with Gasteiger partial charge in [0.05, 0.1) is 16.3 Å². The average Bonchev–Trinajstić information content (AvgIpc) is 3.38. The van der Waals surface area contributed by atoms with Crippen molar-refractivity contribution in [1.82, 2.24) is 4.31 Å². The lowest BCUT2D eigenvalue weighted by Gasteiger charge is -2.15.